The molecule has 0 aliphatic heterocycles. The lowest BCUT2D eigenvalue weighted by atomic mass is 9.95. The molecule has 4 N–H and O–H groups in total. The summed E-state index contributed by atoms with van der Waals surface area (Å²) in [5.41, 5.74) is 7.48. The van der Waals surface area contributed by atoms with Crippen LogP contribution in [0, 0.1) is 0 Å². The van der Waals surface area contributed by atoms with E-state index in [-0.39, 0.29) is 22.9 Å². The third kappa shape index (κ3) is 11.5. The van der Waals surface area contributed by atoms with Crippen molar-refractivity contribution >= 4 is 45.8 Å². The van der Waals surface area contributed by atoms with Gasteiger partial charge < -0.3 is 25.7 Å². The summed E-state index contributed by atoms with van der Waals surface area (Å²) in [6, 6.07) is 29.9. The average molecular weight is 815 g/mol. The molecule has 10 nitrogen and oxygen atoms in total. The molecule has 0 radical (unpaired) electrons. The largest absolute Gasteiger partial charge is 0.478 e. The van der Waals surface area contributed by atoms with Crippen LogP contribution in [0.3, 0.4) is 0 Å². The number of aromatic carboxylic acids is 2. The zero-order valence-corrected chi connectivity index (χ0v) is 34.9. The third-order valence-corrected chi connectivity index (χ3v) is 12.4. The summed E-state index contributed by atoms with van der Waals surface area (Å²) in [6.45, 7) is 7.31. The molecule has 0 fully saturated rings. The molecule has 1 aliphatic carbocycles. The van der Waals surface area contributed by atoms with Crippen LogP contribution in [-0.2, 0) is 38.8 Å². The van der Waals surface area contributed by atoms with Crippen LogP contribution in [-0.4, -0.2) is 69.9 Å². The molecule has 0 saturated heterocycles. The van der Waals surface area contributed by atoms with Crippen molar-refractivity contribution < 1.29 is 29.4 Å². The van der Waals surface area contributed by atoms with Gasteiger partial charge in [-0.1, -0.05) is 62.4 Å². The maximum Gasteiger partial charge on any atom is 0.335 e. The molecule has 308 valence electrons. The molecule has 0 bridgehead atoms. The summed E-state index contributed by atoms with van der Waals surface area (Å²) < 4.78 is 0. The second-order valence-corrected chi connectivity index (χ2v) is 16.5. The first kappa shape index (κ1) is 43.0. The van der Waals surface area contributed by atoms with Crippen molar-refractivity contribution in [3.8, 4) is 0 Å². The van der Waals surface area contributed by atoms with Crippen LogP contribution in [0.25, 0.3) is 0 Å². The molecule has 4 aromatic carbocycles. The Labute approximate surface area is 350 Å². The Hall–Kier alpha value is -5.62. The van der Waals surface area contributed by atoms with E-state index in [1.165, 1.54) is 11.3 Å². The topological polar surface area (TPSA) is 139 Å². The van der Waals surface area contributed by atoms with Gasteiger partial charge in [0, 0.05) is 48.3 Å². The van der Waals surface area contributed by atoms with Crippen molar-refractivity contribution in [1.82, 2.24) is 9.80 Å². The lowest BCUT2D eigenvalue weighted by Crippen LogP contribution is -2.39. The van der Waals surface area contributed by atoms with Gasteiger partial charge in [-0.2, -0.15) is 0 Å². The number of fused-ring (bicyclic) bond motifs is 1. The number of carbonyl (C=O) groups is 4. The zero-order valence-electron chi connectivity index (χ0n) is 34.1. The van der Waals surface area contributed by atoms with Gasteiger partial charge >= 0.3 is 11.9 Å². The first-order valence-electron chi connectivity index (χ1n) is 20.5. The van der Waals surface area contributed by atoms with Crippen LogP contribution in [0.2, 0.25) is 0 Å². The van der Waals surface area contributed by atoms with Gasteiger partial charge in [0.05, 0.1) is 16.7 Å². The van der Waals surface area contributed by atoms with Crippen molar-refractivity contribution in [2.45, 2.75) is 84.3 Å². The van der Waals surface area contributed by atoms with Crippen LogP contribution in [0.15, 0.2) is 97.1 Å². The number of rotatable bonds is 19. The minimum absolute atomic E-state index is 0.236. The number of carboxylic acids is 2. The molecule has 1 aromatic heterocycles. The van der Waals surface area contributed by atoms with Crippen LogP contribution in [0.4, 0.5) is 10.7 Å². The lowest BCUT2D eigenvalue weighted by molar-refractivity contribution is 0.0686. The number of aryl methyl sites for hydroxylation is 3. The number of nitrogens with zero attached hydrogens (tertiary/aromatic N) is 2. The Kier molecular flexibility index (Phi) is 14.8. The number of amides is 2. The van der Waals surface area contributed by atoms with E-state index >= 15 is 0 Å². The van der Waals surface area contributed by atoms with Gasteiger partial charge in [0.1, 0.15) is 5.00 Å². The Morgan fingerprint density at radius 3 is 1.90 bits per heavy atom. The Morgan fingerprint density at radius 1 is 0.661 bits per heavy atom. The summed E-state index contributed by atoms with van der Waals surface area (Å²) in [5.74, 6) is -2.35. The third-order valence-electron chi connectivity index (χ3n) is 11.2. The van der Waals surface area contributed by atoms with Crippen LogP contribution >= 0.6 is 11.3 Å². The van der Waals surface area contributed by atoms with Gasteiger partial charge in [-0.05, 0) is 135 Å². The fourth-order valence-electron chi connectivity index (χ4n) is 7.85. The molecular formula is C48H54N4O6S. The van der Waals surface area contributed by atoms with Crippen molar-refractivity contribution in [2.24, 2.45) is 0 Å². The number of likely N-dealkylation sites (N-methyl/N-ethyl adjacent to an activating group) is 1. The molecule has 59 heavy (non-hydrogen) atoms. The number of carboxylic acid groups (broad SMARTS) is 2. The summed E-state index contributed by atoms with van der Waals surface area (Å²) >= 11 is 1.50. The van der Waals surface area contributed by atoms with E-state index in [1.807, 2.05) is 67.7 Å². The highest BCUT2D eigenvalue weighted by molar-refractivity contribution is 7.17. The molecule has 0 saturated carbocycles. The molecule has 0 spiro atoms. The van der Waals surface area contributed by atoms with Gasteiger partial charge in [-0.15, -0.1) is 11.3 Å². The van der Waals surface area contributed by atoms with Crippen LogP contribution in [0.1, 0.15) is 114 Å². The molecule has 1 heterocycles. The number of thiophene rings is 1. The highest BCUT2D eigenvalue weighted by Crippen LogP contribution is 2.39. The van der Waals surface area contributed by atoms with E-state index in [1.54, 1.807) is 30.3 Å². The van der Waals surface area contributed by atoms with Gasteiger partial charge in [0.15, 0.2) is 0 Å². The second kappa shape index (κ2) is 20.4. The number of hydrogen-bond donors (Lipinski definition) is 4. The number of benzene rings is 4. The molecule has 5 aromatic rings. The zero-order chi connectivity index (χ0) is 41.9. The summed E-state index contributed by atoms with van der Waals surface area (Å²) in [6.07, 6.45) is 7.25. The van der Waals surface area contributed by atoms with E-state index in [2.05, 4.69) is 40.3 Å². The number of carbonyl (C=O) groups excluding carboxylic acids is 2. The van der Waals surface area contributed by atoms with E-state index < -0.39 is 11.9 Å². The van der Waals surface area contributed by atoms with Gasteiger partial charge in [0.25, 0.3) is 11.8 Å². The SMILES string of the molecule is CCC(CC)N(CCN(C)Cc1cccc(C(=O)O)c1)Cc1cccc(C(=O)Nc2sc3c(c2C(=O)Nc2ccc(CCc4ccc(C(=O)O)cc4)cc2)CCCC3)c1. The van der Waals surface area contributed by atoms with E-state index in [4.69, 9.17) is 5.11 Å². The Morgan fingerprint density at radius 2 is 1.25 bits per heavy atom. The first-order valence-corrected chi connectivity index (χ1v) is 21.3. The minimum Gasteiger partial charge on any atom is -0.478 e. The molecule has 0 atom stereocenters. The van der Waals surface area contributed by atoms with Crippen molar-refractivity contribution in [2.75, 3.05) is 30.8 Å². The molecule has 2 amide bonds. The predicted octanol–water partition coefficient (Wildman–Crippen LogP) is 9.44. The Bertz CT molecular complexity index is 2250. The first-order chi connectivity index (χ1) is 28.5. The van der Waals surface area contributed by atoms with E-state index in [9.17, 15) is 24.3 Å². The maximum absolute atomic E-state index is 14.0. The maximum atomic E-state index is 14.0. The van der Waals surface area contributed by atoms with Crippen molar-refractivity contribution in [1.29, 1.82) is 0 Å². The summed E-state index contributed by atoms with van der Waals surface area (Å²) in [5, 5.41) is 25.4. The number of hydrogen-bond acceptors (Lipinski definition) is 7. The second-order valence-electron chi connectivity index (χ2n) is 15.4. The normalized spacial score (nSPS) is 12.4. The fourth-order valence-corrected chi connectivity index (χ4v) is 9.14. The molecule has 6 rings (SSSR count). The van der Waals surface area contributed by atoms with Gasteiger partial charge in [-0.3, -0.25) is 14.5 Å². The number of anilines is 2. The standard InChI is InChI=1S/C48H54N4O6S/c1-4-40(5-2)52(27-26-51(3)30-34-10-9-13-38(29-34)48(57)58)31-35-11-8-12-37(28-35)44(53)50-46-43(41-14-6-7-15-42(41)59-46)45(54)49-39-24-20-33(21-25-39)17-16-32-18-22-36(23-19-32)47(55)56/h8-13,18-25,28-29,40H,4-7,14-17,26-27,30-31H2,1-3H3,(H,49,54)(H,50,53)(H,55,56)(H,57,58). The summed E-state index contributed by atoms with van der Waals surface area (Å²) in [4.78, 5) is 56.4. The van der Waals surface area contributed by atoms with Crippen LogP contribution < -0.4 is 10.6 Å². The highest BCUT2D eigenvalue weighted by Gasteiger charge is 2.27. The average Bonchev–Trinajstić information content (AvgIpc) is 3.61. The smallest absolute Gasteiger partial charge is 0.335 e. The van der Waals surface area contributed by atoms with Crippen molar-refractivity contribution in [3.05, 3.63) is 152 Å². The van der Waals surface area contributed by atoms with E-state index in [0.29, 0.717) is 40.9 Å². The fraction of sp³-hybridized carbons (Fsp3) is 0.333. The minimum atomic E-state index is -0.939. The van der Waals surface area contributed by atoms with Crippen LogP contribution in [0.5, 0.6) is 0 Å². The predicted molar refractivity (Wildman–Crippen MR) is 235 cm³/mol. The van der Waals surface area contributed by atoms with E-state index in [0.717, 1.165) is 97.2 Å². The molecule has 11 heteroatoms. The van der Waals surface area contributed by atoms with Gasteiger partial charge in [0.2, 0.25) is 0 Å². The van der Waals surface area contributed by atoms with Crippen molar-refractivity contribution in [3.63, 3.8) is 0 Å². The molecule has 0 unspecified atom stereocenters. The highest BCUT2D eigenvalue weighted by atomic mass is 32.1. The Balaban J connectivity index is 1.10. The number of nitrogens with one attached hydrogen (secondary N) is 2. The van der Waals surface area contributed by atoms with Gasteiger partial charge in [-0.25, -0.2) is 9.59 Å². The summed E-state index contributed by atoms with van der Waals surface area (Å²) in [7, 11) is 2.05. The lowest BCUT2D eigenvalue weighted by Gasteiger charge is -2.32. The molecular weight excluding hydrogens is 761 g/mol. The monoisotopic (exact) mass is 814 g/mol. The molecule has 1 aliphatic rings. The quantitative estimate of drug-likeness (QED) is 0.0647.